The van der Waals surface area contributed by atoms with Gasteiger partial charge in [-0.2, -0.15) is 0 Å². The molecule has 0 fully saturated rings. The first-order valence-electron chi connectivity index (χ1n) is 7.60. The molecule has 1 aromatic rings. The number of nitrogens with zero attached hydrogens (tertiary/aromatic N) is 2. The third-order valence-corrected chi connectivity index (χ3v) is 3.03. The van der Waals surface area contributed by atoms with E-state index >= 15 is 0 Å². The quantitative estimate of drug-likeness (QED) is 0.611. The summed E-state index contributed by atoms with van der Waals surface area (Å²) in [7, 11) is 0. The van der Waals surface area contributed by atoms with E-state index in [0.717, 1.165) is 25.8 Å². The first-order valence-corrected chi connectivity index (χ1v) is 7.60. The fraction of sp³-hybridized carbons (Fsp3) is 0.667. The summed E-state index contributed by atoms with van der Waals surface area (Å²) >= 11 is 0. The fourth-order valence-electron chi connectivity index (χ4n) is 1.88. The van der Waals surface area contributed by atoms with Gasteiger partial charge >= 0.3 is 0 Å². The Morgan fingerprint density at radius 1 is 1.05 bits per heavy atom. The molecule has 0 spiro atoms. The molecule has 0 radical (unpaired) electrons. The van der Waals surface area contributed by atoms with Crippen LogP contribution in [0, 0.1) is 0 Å². The van der Waals surface area contributed by atoms with Gasteiger partial charge < -0.3 is 10.6 Å². The molecule has 0 aliphatic carbocycles. The van der Waals surface area contributed by atoms with Crippen molar-refractivity contribution >= 4 is 11.9 Å². The second-order valence-electron chi connectivity index (χ2n) is 4.87. The Morgan fingerprint density at radius 2 is 1.80 bits per heavy atom. The minimum atomic E-state index is 0.164. The molecule has 0 bridgehead atoms. The van der Waals surface area contributed by atoms with Crippen LogP contribution < -0.4 is 10.6 Å². The molecule has 20 heavy (non-hydrogen) atoms. The van der Waals surface area contributed by atoms with E-state index in [1.807, 2.05) is 0 Å². The predicted octanol–water partition coefficient (Wildman–Crippen LogP) is 2.76. The number of carbonyl (C=O) groups excluding carboxylic acids is 1. The molecule has 5 nitrogen and oxygen atoms in total. The zero-order valence-corrected chi connectivity index (χ0v) is 12.4. The Hall–Kier alpha value is -1.65. The molecule has 0 atom stereocenters. The Balaban J connectivity index is 1.91. The highest BCUT2D eigenvalue weighted by Crippen LogP contribution is 2.04. The van der Waals surface area contributed by atoms with Crippen LogP contribution in [0.25, 0.3) is 0 Å². The lowest BCUT2D eigenvalue weighted by Gasteiger charge is -2.06. The fourth-order valence-corrected chi connectivity index (χ4v) is 1.88. The van der Waals surface area contributed by atoms with E-state index in [4.69, 9.17) is 0 Å². The molecular formula is C15H26N4O. The van der Waals surface area contributed by atoms with Crippen LogP contribution in [-0.4, -0.2) is 29.0 Å². The molecule has 5 heteroatoms. The lowest BCUT2D eigenvalue weighted by atomic mass is 10.1. The van der Waals surface area contributed by atoms with Crippen molar-refractivity contribution < 1.29 is 4.79 Å². The topological polar surface area (TPSA) is 66.9 Å². The summed E-state index contributed by atoms with van der Waals surface area (Å²) in [5.74, 6) is 0.798. The van der Waals surface area contributed by atoms with Gasteiger partial charge in [0.1, 0.15) is 0 Å². The van der Waals surface area contributed by atoms with Gasteiger partial charge in [0.25, 0.3) is 0 Å². The standard InChI is InChI=1S/C15H26N4O/c1-2-3-4-5-6-9-14(20)16-10-7-11-17-15-18-12-8-13-19-15/h8,12-13H,2-7,9-11H2,1H3,(H,16,20)(H,17,18,19). The summed E-state index contributed by atoms with van der Waals surface area (Å²) in [6.07, 6.45) is 10.9. The van der Waals surface area contributed by atoms with Crippen molar-refractivity contribution in [1.82, 2.24) is 15.3 Å². The van der Waals surface area contributed by atoms with Crippen molar-refractivity contribution in [2.75, 3.05) is 18.4 Å². The minimum absolute atomic E-state index is 0.164. The zero-order chi connectivity index (χ0) is 14.5. The maximum Gasteiger partial charge on any atom is 0.222 e. The summed E-state index contributed by atoms with van der Waals surface area (Å²) in [6.45, 7) is 3.66. The van der Waals surface area contributed by atoms with Crippen molar-refractivity contribution in [3.8, 4) is 0 Å². The number of hydrogen-bond acceptors (Lipinski definition) is 4. The molecule has 0 unspecified atom stereocenters. The number of unbranched alkanes of at least 4 members (excludes halogenated alkanes) is 4. The van der Waals surface area contributed by atoms with Gasteiger partial charge in [-0.15, -0.1) is 0 Å². The summed E-state index contributed by atoms with van der Waals surface area (Å²) in [5.41, 5.74) is 0. The smallest absolute Gasteiger partial charge is 0.222 e. The normalized spacial score (nSPS) is 10.2. The van der Waals surface area contributed by atoms with Crippen LogP contribution in [0.4, 0.5) is 5.95 Å². The molecule has 0 aliphatic heterocycles. The number of rotatable bonds is 11. The van der Waals surface area contributed by atoms with E-state index in [1.165, 1.54) is 19.3 Å². The van der Waals surface area contributed by atoms with Crippen LogP contribution in [0.1, 0.15) is 51.9 Å². The van der Waals surface area contributed by atoms with Gasteiger partial charge in [0.15, 0.2) is 0 Å². The first-order chi connectivity index (χ1) is 9.83. The van der Waals surface area contributed by atoms with Gasteiger partial charge in [-0.3, -0.25) is 4.79 Å². The van der Waals surface area contributed by atoms with E-state index in [1.54, 1.807) is 18.5 Å². The molecule has 0 aliphatic rings. The molecule has 0 saturated carbocycles. The Bertz CT molecular complexity index is 356. The molecule has 1 aromatic heterocycles. The summed E-state index contributed by atoms with van der Waals surface area (Å²) in [5, 5.41) is 6.05. The van der Waals surface area contributed by atoms with E-state index in [0.29, 0.717) is 18.9 Å². The molecule has 1 amide bonds. The van der Waals surface area contributed by atoms with Crippen LogP contribution in [0.5, 0.6) is 0 Å². The molecular weight excluding hydrogens is 252 g/mol. The van der Waals surface area contributed by atoms with E-state index in [9.17, 15) is 4.79 Å². The highest BCUT2D eigenvalue weighted by molar-refractivity contribution is 5.75. The third kappa shape index (κ3) is 8.45. The Kier molecular flexibility index (Phi) is 9.19. The number of anilines is 1. The maximum atomic E-state index is 11.6. The van der Waals surface area contributed by atoms with Crippen molar-refractivity contribution in [3.63, 3.8) is 0 Å². The summed E-state index contributed by atoms with van der Waals surface area (Å²) < 4.78 is 0. The van der Waals surface area contributed by atoms with Crippen LogP contribution in [0.15, 0.2) is 18.5 Å². The monoisotopic (exact) mass is 278 g/mol. The molecule has 1 heterocycles. The Labute approximate surface area is 121 Å². The van der Waals surface area contributed by atoms with Crippen LogP contribution in [-0.2, 0) is 4.79 Å². The number of aromatic nitrogens is 2. The molecule has 2 N–H and O–H groups in total. The number of nitrogens with one attached hydrogen (secondary N) is 2. The lowest BCUT2D eigenvalue weighted by molar-refractivity contribution is -0.121. The number of hydrogen-bond donors (Lipinski definition) is 2. The van der Waals surface area contributed by atoms with Crippen LogP contribution in [0.2, 0.25) is 0 Å². The van der Waals surface area contributed by atoms with E-state index < -0.39 is 0 Å². The lowest BCUT2D eigenvalue weighted by Crippen LogP contribution is -2.25. The average molecular weight is 278 g/mol. The van der Waals surface area contributed by atoms with E-state index in [-0.39, 0.29) is 5.91 Å². The van der Waals surface area contributed by atoms with Gasteiger partial charge in [0, 0.05) is 31.9 Å². The summed E-state index contributed by atoms with van der Waals surface area (Å²) in [6, 6.07) is 1.78. The highest BCUT2D eigenvalue weighted by atomic mass is 16.1. The molecule has 0 saturated heterocycles. The first kappa shape index (κ1) is 16.4. The molecule has 1 rings (SSSR count). The SMILES string of the molecule is CCCCCCCC(=O)NCCCNc1ncccn1. The second kappa shape index (κ2) is 11.2. The van der Waals surface area contributed by atoms with Gasteiger partial charge in [0.05, 0.1) is 0 Å². The molecule has 112 valence electrons. The van der Waals surface area contributed by atoms with E-state index in [2.05, 4.69) is 27.5 Å². The van der Waals surface area contributed by atoms with Gasteiger partial charge in [-0.1, -0.05) is 32.6 Å². The second-order valence-corrected chi connectivity index (χ2v) is 4.87. The van der Waals surface area contributed by atoms with Crippen molar-refractivity contribution in [1.29, 1.82) is 0 Å². The third-order valence-electron chi connectivity index (χ3n) is 3.03. The predicted molar refractivity (Wildman–Crippen MR) is 81.5 cm³/mol. The van der Waals surface area contributed by atoms with Crippen molar-refractivity contribution in [2.24, 2.45) is 0 Å². The Morgan fingerprint density at radius 3 is 2.55 bits per heavy atom. The van der Waals surface area contributed by atoms with Crippen molar-refractivity contribution in [2.45, 2.75) is 51.9 Å². The minimum Gasteiger partial charge on any atom is -0.356 e. The van der Waals surface area contributed by atoms with Crippen LogP contribution in [0.3, 0.4) is 0 Å². The summed E-state index contributed by atoms with van der Waals surface area (Å²) in [4.78, 5) is 19.7. The number of carbonyl (C=O) groups is 1. The molecule has 0 aromatic carbocycles. The van der Waals surface area contributed by atoms with Gasteiger partial charge in [0.2, 0.25) is 11.9 Å². The average Bonchev–Trinajstić information content (AvgIpc) is 2.48. The zero-order valence-electron chi connectivity index (χ0n) is 12.4. The maximum absolute atomic E-state index is 11.6. The van der Waals surface area contributed by atoms with Gasteiger partial charge in [-0.05, 0) is 18.9 Å². The highest BCUT2D eigenvalue weighted by Gasteiger charge is 2.00. The largest absolute Gasteiger partial charge is 0.356 e. The van der Waals surface area contributed by atoms with Crippen LogP contribution >= 0.6 is 0 Å². The number of amides is 1. The van der Waals surface area contributed by atoms with Gasteiger partial charge in [-0.25, -0.2) is 9.97 Å². The van der Waals surface area contributed by atoms with Crippen molar-refractivity contribution in [3.05, 3.63) is 18.5 Å².